The van der Waals surface area contributed by atoms with E-state index in [0.29, 0.717) is 5.82 Å². The number of anilines is 1. The van der Waals surface area contributed by atoms with Crippen LogP contribution in [0.25, 0.3) is 17.1 Å². The van der Waals surface area contributed by atoms with E-state index in [1.165, 1.54) is 0 Å². The van der Waals surface area contributed by atoms with Gasteiger partial charge in [-0.15, -0.1) is 5.10 Å². The Kier molecular flexibility index (Phi) is 5.19. The number of benzene rings is 3. The van der Waals surface area contributed by atoms with Gasteiger partial charge >= 0.3 is 0 Å². The van der Waals surface area contributed by atoms with Gasteiger partial charge in [-0.05, 0) is 56.5 Å². The quantitative estimate of drug-likeness (QED) is 0.501. The normalized spacial score (nSPS) is 10.8. The van der Waals surface area contributed by atoms with Gasteiger partial charge in [-0.1, -0.05) is 60.2 Å². The van der Waals surface area contributed by atoms with E-state index in [2.05, 4.69) is 33.6 Å². The van der Waals surface area contributed by atoms with Crippen LogP contribution in [0.15, 0.2) is 66.7 Å². The van der Waals surface area contributed by atoms with Crippen molar-refractivity contribution in [1.29, 1.82) is 0 Å². The minimum atomic E-state index is -0.330. The van der Waals surface area contributed by atoms with Crippen LogP contribution in [-0.4, -0.2) is 20.7 Å². The summed E-state index contributed by atoms with van der Waals surface area (Å²) < 4.78 is 1.76. The molecular weight excluding hydrogens is 372 g/mol. The molecular formula is C25H24N4O. The molecule has 0 spiro atoms. The molecule has 0 bridgehead atoms. The number of carbonyl (C=O) groups excluding carboxylic acids is 1. The lowest BCUT2D eigenvalue weighted by Crippen LogP contribution is -2.15. The van der Waals surface area contributed by atoms with Crippen molar-refractivity contribution in [3.63, 3.8) is 0 Å². The molecule has 0 aliphatic rings. The van der Waals surface area contributed by atoms with Crippen molar-refractivity contribution < 1.29 is 4.79 Å². The molecule has 0 saturated carbocycles. The maximum absolute atomic E-state index is 13.0. The fourth-order valence-corrected chi connectivity index (χ4v) is 3.43. The number of hydrogen-bond donors (Lipinski definition) is 1. The molecule has 0 unspecified atom stereocenters. The fourth-order valence-electron chi connectivity index (χ4n) is 3.43. The smallest absolute Gasteiger partial charge is 0.295 e. The van der Waals surface area contributed by atoms with Gasteiger partial charge in [0.25, 0.3) is 5.91 Å². The van der Waals surface area contributed by atoms with Gasteiger partial charge in [-0.2, -0.15) is 0 Å². The van der Waals surface area contributed by atoms with E-state index in [0.717, 1.165) is 39.2 Å². The highest BCUT2D eigenvalue weighted by atomic mass is 16.2. The molecule has 1 heterocycles. The molecule has 3 aromatic carbocycles. The summed E-state index contributed by atoms with van der Waals surface area (Å²) >= 11 is 0. The zero-order valence-electron chi connectivity index (χ0n) is 17.6. The lowest BCUT2D eigenvalue weighted by molar-refractivity contribution is 0.101. The Labute approximate surface area is 176 Å². The predicted molar refractivity (Wildman–Crippen MR) is 120 cm³/mol. The summed E-state index contributed by atoms with van der Waals surface area (Å²) in [5, 5.41) is 7.54. The van der Waals surface area contributed by atoms with Crippen molar-refractivity contribution in [2.45, 2.75) is 27.7 Å². The monoisotopic (exact) mass is 396 g/mol. The van der Waals surface area contributed by atoms with Crippen LogP contribution >= 0.6 is 0 Å². The lowest BCUT2D eigenvalue weighted by atomic mass is 10.1. The van der Waals surface area contributed by atoms with Gasteiger partial charge < -0.3 is 5.32 Å². The summed E-state index contributed by atoms with van der Waals surface area (Å²) in [7, 11) is 0. The van der Waals surface area contributed by atoms with Gasteiger partial charge in [0.1, 0.15) is 0 Å². The number of nitrogens with one attached hydrogen (secondary N) is 1. The van der Waals surface area contributed by atoms with Crippen LogP contribution in [0.3, 0.4) is 0 Å². The molecule has 1 amide bonds. The molecule has 1 aromatic heterocycles. The number of nitrogens with zero attached hydrogens (tertiary/aromatic N) is 3. The molecule has 0 radical (unpaired) electrons. The first-order valence-corrected chi connectivity index (χ1v) is 9.91. The summed E-state index contributed by atoms with van der Waals surface area (Å²) in [5.41, 5.74) is 6.89. The van der Waals surface area contributed by atoms with Crippen molar-refractivity contribution in [1.82, 2.24) is 14.8 Å². The van der Waals surface area contributed by atoms with Crippen LogP contribution in [0.2, 0.25) is 0 Å². The topological polar surface area (TPSA) is 59.8 Å². The third-order valence-corrected chi connectivity index (χ3v) is 5.07. The molecule has 5 nitrogen and oxygen atoms in total. The van der Waals surface area contributed by atoms with Crippen molar-refractivity contribution in [2.75, 3.05) is 5.32 Å². The maximum Gasteiger partial charge on any atom is 0.295 e. The average molecular weight is 396 g/mol. The fraction of sp³-hybridized carbons (Fsp3) is 0.160. The Hall–Kier alpha value is -3.73. The van der Waals surface area contributed by atoms with Gasteiger partial charge in [0, 0.05) is 11.3 Å². The van der Waals surface area contributed by atoms with Crippen molar-refractivity contribution in [3.8, 4) is 17.1 Å². The molecule has 150 valence electrons. The van der Waals surface area contributed by atoms with Crippen LogP contribution in [0.4, 0.5) is 5.69 Å². The molecule has 1 N–H and O–H groups in total. The van der Waals surface area contributed by atoms with Crippen molar-refractivity contribution in [2.24, 2.45) is 0 Å². The first-order valence-electron chi connectivity index (χ1n) is 9.91. The Morgan fingerprint density at radius 1 is 0.833 bits per heavy atom. The summed E-state index contributed by atoms with van der Waals surface area (Å²) in [6.45, 7) is 8.06. The number of rotatable bonds is 4. The van der Waals surface area contributed by atoms with E-state index in [9.17, 15) is 4.79 Å². The van der Waals surface area contributed by atoms with Gasteiger partial charge in [0.15, 0.2) is 5.82 Å². The molecule has 4 aromatic rings. The zero-order valence-corrected chi connectivity index (χ0v) is 17.6. The Morgan fingerprint density at radius 2 is 1.53 bits per heavy atom. The standard InChI is InChI=1S/C25H24N4O/c1-16-11-13-21(19(4)14-16)26-25(30)23-27-24(20-8-6-5-7-9-20)29(28-23)22-15-17(2)10-12-18(22)3/h5-15H,1-4H3,(H,26,30). The summed E-state index contributed by atoms with van der Waals surface area (Å²) in [6.07, 6.45) is 0. The van der Waals surface area contributed by atoms with Crippen molar-refractivity contribution in [3.05, 3.63) is 94.8 Å². The highest BCUT2D eigenvalue weighted by Crippen LogP contribution is 2.24. The SMILES string of the molecule is Cc1ccc(NC(=O)c2nc(-c3ccccc3)n(-c3cc(C)ccc3C)n2)c(C)c1. The second-order valence-electron chi connectivity index (χ2n) is 7.60. The minimum Gasteiger partial charge on any atom is -0.319 e. The molecule has 0 atom stereocenters. The number of hydrogen-bond acceptors (Lipinski definition) is 3. The molecule has 4 rings (SSSR count). The Balaban J connectivity index is 1.79. The van der Waals surface area contributed by atoms with Crippen LogP contribution in [-0.2, 0) is 0 Å². The van der Waals surface area contributed by atoms with E-state index >= 15 is 0 Å². The van der Waals surface area contributed by atoms with E-state index in [1.54, 1.807) is 4.68 Å². The maximum atomic E-state index is 13.0. The highest BCUT2D eigenvalue weighted by Gasteiger charge is 2.20. The molecule has 0 aliphatic heterocycles. The first kappa shape index (κ1) is 19.6. The van der Waals surface area contributed by atoms with E-state index in [-0.39, 0.29) is 11.7 Å². The third-order valence-electron chi connectivity index (χ3n) is 5.07. The predicted octanol–water partition coefficient (Wildman–Crippen LogP) is 5.42. The van der Waals surface area contributed by atoms with Gasteiger partial charge in [0.05, 0.1) is 5.69 Å². The molecule has 0 fully saturated rings. The minimum absolute atomic E-state index is 0.134. The second-order valence-corrected chi connectivity index (χ2v) is 7.60. The van der Waals surface area contributed by atoms with Gasteiger partial charge in [-0.3, -0.25) is 4.79 Å². The largest absolute Gasteiger partial charge is 0.319 e. The van der Waals surface area contributed by atoms with Crippen LogP contribution in [0.5, 0.6) is 0 Å². The van der Waals surface area contributed by atoms with Crippen LogP contribution in [0, 0.1) is 27.7 Å². The first-order chi connectivity index (χ1) is 14.4. The van der Waals surface area contributed by atoms with Gasteiger partial charge in [0.2, 0.25) is 5.82 Å². The second kappa shape index (κ2) is 7.95. The molecule has 5 heteroatoms. The van der Waals surface area contributed by atoms with Gasteiger partial charge in [-0.25, -0.2) is 9.67 Å². The zero-order chi connectivity index (χ0) is 21.3. The van der Waals surface area contributed by atoms with Crippen LogP contribution in [0.1, 0.15) is 32.9 Å². The number of amides is 1. The van der Waals surface area contributed by atoms with E-state index < -0.39 is 0 Å². The number of aromatic nitrogens is 3. The third kappa shape index (κ3) is 3.87. The van der Waals surface area contributed by atoms with E-state index in [4.69, 9.17) is 0 Å². The molecule has 0 saturated heterocycles. The number of carbonyl (C=O) groups is 1. The van der Waals surface area contributed by atoms with Crippen LogP contribution < -0.4 is 5.32 Å². The molecule has 30 heavy (non-hydrogen) atoms. The van der Waals surface area contributed by atoms with E-state index in [1.807, 2.05) is 76.2 Å². The summed E-state index contributed by atoms with van der Waals surface area (Å²) in [6, 6.07) is 21.9. The summed E-state index contributed by atoms with van der Waals surface area (Å²) in [4.78, 5) is 17.6. The average Bonchev–Trinajstić information content (AvgIpc) is 3.18. The Morgan fingerprint density at radius 3 is 2.27 bits per heavy atom. The summed E-state index contributed by atoms with van der Waals surface area (Å²) in [5.74, 6) is 0.438. The number of aryl methyl sites for hydroxylation is 4. The Bertz CT molecular complexity index is 1230. The molecule has 0 aliphatic carbocycles. The highest BCUT2D eigenvalue weighted by molar-refractivity contribution is 6.02. The van der Waals surface area contributed by atoms with Crippen molar-refractivity contribution >= 4 is 11.6 Å². The lowest BCUT2D eigenvalue weighted by Gasteiger charge is -2.10.